The molecule has 1 unspecified atom stereocenters. The zero-order valence-electron chi connectivity index (χ0n) is 11.9. The molecule has 0 heterocycles. The molecule has 0 spiro atoms. The van der Waals surface area contributed by atoms with Gasteiger partial charge in [-0.2, -0.15) is 0 Å². The Morgan fingerprint density at radius 2 is 2.16 bits per heavy atom. The molecule has 1 aromatic carbocycles. The van der Waals surface area contributed by atoms with Crippen molar-refractivity contribution in [1.82, 2.24) is 5.32 Å². The minimum absolute atomic E-state index is 0.112. The third-order valence-corrected chi connectivity index (χ3v) is 2.82. The summed E-state index contributed by atoms with van der Waals surface area (Å²) in [5.74, 6) is -0.112. The third-order valence-electron chi connectivity index (χ3n) is 2.82. The molecule has 0 fully saturated rings. The maximum absolute atomic E-state index is 12.1. The molecule has 0 aliphatic heterocycles. The van der Waals surface area contributed by atoms with Crippen molar-refractivity contribution < 1.29 is 4.79 Å². The van der Waals surface area contributed by atoms with Gasteiger partial charge in [-0.25, -0.2) is 0 Å². The Balaban J connectivity index is 2.85. The van der Waals surface area contributed by atoms with E-state index >= 15 is 0 Å². The molecule has 0 saturated heterocycles. The number of allylic oxidation sites excluding steroid dienone is 1. The predicted octanol–water partition coefficient (Wildman–Crippen LogP) is 2.05. The average molecular weight is 259 g/mol. The fraction of sp³-hybridized carbons (Fsp3) is 0.333. The van der Waals surface area contributed by atoms with E-state index in [0.29, 0.717) is 11.3 Å². The van der Waals surface area contributed by atoms with Gasteiger partial charge >= 0.3 is 0 Å². The van der Waals surface area contributed by atoms with Crippen LogP contribution in [-0.2, 0) is 0 Å². The monoisotopic (exact) mass is 259 g/mol. The standard InChI is InChI=1S/C15H21N3O/c1-10-6-5-7-13(8-10)15(19)18-12(3)14(9-17-4)11(2)16/h5-9,12H,16H2,1-4H3,(H,18,19). The van der Waals surface area contributed by atoms with Gasteiger partial charge in [0, 0.05) is 30.1 Å². The summed E-state index contributed by atoms with van der Waals surface area (Å²) in [5, 5.41) is 2.92. The number of hydrogen-bond donors (Lipinski definition) is 2. The van der Waals surface area contributed by atoms with E-state index in [1.807, 2.05) is 32.0 Å². The first kappa shape index (κ1) is 15.0. The maximum atomic E-state index is 12.1. The van der Waals surface area contributed by atoms with Gasteiger partial charge in [0.25, 0.3) is 5.91 Å². The molecule has 0 radical (unpaired) electrons. The summed E-state index contributed by atoms with van der Waals surface area (Å²) < 4.78 is 0. The molecule has 4 nitrogen and oxygen atoms in total. The summed E-state index contributed by atoms with van der Waals surface area (Å²) in [7, 11) is 1.68. The predicted molar refractivity (Wildman–Crippen MR) is 79.4 cm³/mol. The average Bonchev–Trinajstić information content (AvgIpc) is 2.35. The van der Waals surface area contributed by atoms with Gasteiger partial charge in [0.05, 0.1) is 6.04 Å². The summed E-state index contributed by atoms with van der Waals surface area (Å²) >= 11 is 0. The molecule has 1 rings (SSSR count). The van der Waals surface area contributed by atoms with Gasteiger partial charge in [-0.1, -0.05) is 17.7 Å². The Morgan fingerprint density at radius 1 is 1.47 bits per heavy atom. The van der Waals surface area contributed by atoms with Crippen molar-refractivity contribution in [2.24, 2.45) is 10.7 Å². The van der Waals surface area contributed by atoms with E-state index in [9.17, 15) is 4.79 Å². The van der Waals surface area contributed by atoms with Gasteiger partial charge in [0.15, 0.2) is 0 Å². The van der Waals surface area contributed by atoms with Crippen molar-refractivity contribution in [3.8, 4) is 0 Å². The molecule has 0 bridgehead atoms. The molecule has 3 N–H and O–H groups in total. The number of benzene rings is 1. The van der Waals surface area contributed by atoms with E-state index in [0.717, 1.165) is 11.1 Å². The van der Waals surface area contributed by atoms with Crippen molar-refractivity contribution in [1.29, 1.82) is 0 Å². The minimum atomic E-state index is -0.179. The lowest BCUT2D eigenvalue weighted by molar-refractivity contribution is 0.0946. The number of aliphatic imine (C=N–C) groups is 1. The number of carbonyl (C=O) groups is 1. The Kier molecular flexibility index (Phi) is 5.30. The third kappa shape index (κ3) is 4.25. The molecule has 19 heavy (non-hydrogen) atoms. The lowest BCUT2D eigenvalue weighted by atomic mass is 10.1. The van der Waals surface area contributed by atoms with Crippen LogP contribution in [0.4, 0.5) is 0 Å². The van der Waals surface area contributed by atoms with Crippen molar-refractivity contribution in [3.63, 3.8) is 0 Å². The zero-order chi connectivity index (χ0) is 14.4. The first-order valence-electron chi connectivity index (χ1n) is 6.21. The normalized spacial score (nSPS) is 14.1. The van der Waals surface area contributed by atoms with Gasteiger partial charge in [-0.05, 0) is 32.9 Å². The molecule has 0 aliphatic rings. The second kappa shape index (κ2) is 6.73. The summed E-state index contributed by atoms with van der Waals surface area (Å²) in [4.78, 5) is 16.1. The molecule has 1 atom stereocenters. The van der Waals surface area contributed by atoms with Crippen molar-refractivity contribution in [3.05, 3.63) is 46.7 Å². The molecule has 0 saturated carbocycles. The van der Waals surface area contributed by atoms with E-state index in [1.54, 1.807) is 26.3 Å². The highest BCUT2D eigenvalue weighted by Gasteiger charge is 2.13. The van der Waals surface area contributed by atoms with E-state index in [1.165, 1.54) is 0 Å². The Bertz CT molecular complexity index is 514. The Morgan fingerprint density at radius 3 is 2.68 bits per heavy atom. The van der Waals surface area contributed by atoms with Crippen LogP contribution in [0.2, 0.25) is 0 Å². The van der Waals surface area contributed by atoms with E-state index in [4.69, 9.17) is 5.73 Å². The first-order chi connectivity index (χ1) is 8.95. The van der Waals surface area contributed by atoms with E-state index in [2.05, 4.69) is 10.3 Å². The second-order valence-corrected chi connectivity index (χ2v) is 4.59. The number of aryl methyl sites for hydroxylation is 1. The van der Waals surface area contributed by atoms with Crippen LogP contribution in [0, 0.1) is 6.92 Å². The quantitative estimate of drug-likeness (QED) is 0.813. The molecular weight excluding hydrogens is 238 g/mol. The fourth-order valence-corrected chi connectivity index (χ4v) is 1.84. The number of nitrogens with two attached hydrogens (primary N) is 1. The summed E-state index contributed by atoms with van der Waals surface area (Å²) in [6.45, 7) is 5.65. The van der Waals surface area contributed by atoms with Crippen LogP contribution < -0.4 is 11.1 Å². The lowest BCUT2D eigenvalue weighted by Gasteiger charge is -2.16. The smallest absolute Gasteiger partial charge is 0.251 e. The number of hydrogen-bond acceptors (Lipinski definition) is 3. The highest BCUT2D eigenvalue weighted by molar-refractivity contribution is 5.95. The Hall–Kier alpha value is -2.10. The summed E-state index contributed by atoms with van der Waals surface area (Å²) in [5.41, 5.74) is 8.98. The van der Waals surface area contributed by atoms with Gasteiger partial charge in [-0.3, -0.25) is 9.79 Å². The lowest BCUT2D eigenvalue weighted by Crippen LogP contribution is -2.35. The van der Waals surface area contributed by atoms with Crippen molar-refractivity contribution >= 4 is 12.1 Å². The maximum Gasteiger partial charge on any atom is 0.251 e. The minimum Gasteiger partial charge on any atom is -0.402 e. The van der Waals surface area contributed by atoms with Crippen LogP contribution in [0.15, 0.2) is 40.5 Å². The topological polar surface area (TPSA) is 67.5 Å². The van der Waals surface area contributed by atoms with Crippen LogP contribution in [0.5, 0.6) is 0 Å². The van der Waals surface area contributed by atoms with Gasteiger partial charge < -0.3 is 11.1 Å². The molecule has 1 aromatic rings. The number of rotatable bonds is 4. The van der Waals surface area contributed by atoms with E-state index in [-0.39, 0.29) is 11.9 Å². The van der Waals surface area contributed by atoms with Gasteiger partial charge in [-0.15, -0.1) is 0 Å². The first-order valence-corrected chi connectivity index (χ1v) is 6.21. The Labute approximate surface area is 114 Å². The van der Waals surface area contributed by atoms with Gasteiger partial charge in [0.1, 0.15) is 0 Å². The van der Waals surface area contributed by atoms with Crippen LogP contribution >= 0.6 is 0 Å². The number of amides is 1. The van der Waals surface area contributed by atoms with Crippen LogP contribution in [0.3, 0.4) is 0 Å². The number of nitrogens with zero attached hydrogens (tertiary/aromatic N) is 1. The second-order valence-electron chi connectivity index (χ2n) is 4.59. The van der Waals surface area contributed by atoms with Crippen LogP contribution in [0.1, 0.15) is 29.8 Å². The van der Waals surface area contributed by atoms with Gasteiger partial charge in [0.2, 0.25) is 0 Å². The molecule has 4 heteroatoms. The number of carbonyl (C=O) groups excluding carboxylic acids is 1. The SMILES string of the molecule is CN=CC(=C(C)N)C(C)NC(=O)c1cccc(C)c1. The molecule has 0 aromatic heterocycles. The van der Waals surface area contributed by atoms with E-state index < -0.39 is 0 Å². The van der Waals surface area contributed by atoms with Crippen molar-refractivity contribution in [2.45, 2.75) is 26.8 Å². The summed E-state index contributed by atoms with van der Waals surface area (Å²) in [6.07, 6.45) is 1.68. The van der Waals surface area contributed by atoms with Crippen molar-refractivity contribution in [2.75, 3.05) is 7.05 Å². The number of nitrogens with one attached hydrogen (secondary N) is 1. The molecular formula is C15H21N3O. The summed E-state index contributed by atoms with van der Waals surface area (Å²) in [6, 6.07) is 7.30. The highest BCUT2D eigenvalue weighted by Crippen LogP contribution is 2.07. The van der Waals surface area contributed by atoms with Crippen LogP contribution in [0.25, 0.3) is 0 Å². The largest absolute Gasteiger partial charge is 0.402 e. The fourth-order valence-electron chi connectivity index (χ4n) is 1.84. The zero-order valence-corrected chi connectivity index (χ0v) is 11.9. The highest BCUT2D eigenvalue weighted by atomic mass is 16.1. The molecule has 102 valence electrons. The molecule has 0 aliphatic carbocycles. The van der Waals surface area contributed by atoms with Crippen LogP contribution in [-0.4, -0.2) is 25.2 Å². The molecule has 1 amide bonds.